The van der Waals surface area contributed by atoms with Crippen LogP contribution in [0.5, 0.6) is 0 Å². The molecule has 17 heavy (non-hydrogen) atoms. The topological polar surface area (TPSA) is 29.9 Å². The molecule has 0 spiro atoms. The molecule has 3 heteroatoms. The highest BCUT2D eigenvalue weighted by Gasteiger charge is 2.02. The predicted octanol–water partition coefficient (Wildman–Crippen LogP) is 2.62. The second-order valence-electron chi connectivity index (χ2n) is 4.24. The van der Waals surface area contributed by atoms with Gasteiger partial charge in [0, 0.05) is 25.0 Å². The molecule has 0 saturated carbocycles. The Morgan fingerprint density at radius 3 is 2.82 bits per heavy atom. The molecule has 90 valence electrons. The number of rotatable bonds is 6. The molecule has 3 nitrogen and oxygen atoms in total. The molecular weight excluding hydrogens is 210 g/mol. The molecule has 1 aromatic heterocycles. The largest absolute Gasteiger partial charge is 0.337 e. The smallest absolute Gasteiger partial charge is 0.0945 e. The second kappa shape index (κ2) is 6.21. The fourth-order valence-corrected chi connectivity index (χ4v) is 1.86. The van der Waals surface area contributed by atoms with Crippen molar-refractivity contribution in [3.63, 3.8) is 0 Å². The minimum absolute atomic E-state index is 0.416. The molecule has 2 aromatic rings. The van der Waals surface area contributed by atoms with Gasteiger partial charge in [-0.2, -0.15) is 0 Å². The van der Waals surface area contributed by atoms with Crippen molar-refractivity contribution in [3.8, 4) is 0 Å². The summed E-state index contributed by atoms with van der Waals surface area (Å²) >= 11 is 0. The van der Waals surface area contributed by atoms with E-state index in [0.29, 0.717) is 6.04 Å². The zero-order valence-electron chi connectivity index (χ0n) is 10.2. The van der Waals surface area contributed by atoms with Gasteiger partial charge < -0.3 is 9.88 Å². The first-order valence-electron chi connectivity index (χ1n) is 6.10. The highest BCUT2D eigenvalue weighted by molar-refractivity contribution is 5.17. The van der Waals surface area contributed by atoms with Gasteiger partial charge in [0.1, 0.15) is 0 Å². The number of nitrogens with zero attached hydrogens (tertiary/aromatic N) is 2. The number of imidazole rings is 1. The molecule has 0 unspecified atom stereocenters. The van der Waals surface area contributed by atoms with Crippen molar-refractivity contribution in [2.45, 2.75) is 25.9 Å². The Balaban J connectivity index is 1.68. The van der Waals surface area contributed by atoms with Gasteiger partial charge in [-0.1, -0.05) is 30.3 Å². The van der Waals surface area contributed by atoms with Crippen LogP contribution in [0.3, 0.4) is 0 Å². The van der Waals surface area contributed by atoms with Crippen LogP contribution in [0.15, 0.2) is 49.1 Å². The lowest BCUT2D eigenvalue weighted by molar-refractivity contribution is 0.526. The summed E-state index contributed by atoms with van der Waals surface area (Å²) in [5.74, 6) is 0. The highest BCUT2D eigenvalue weighted by Crippen LogP contribution is 2.10. The summed E-state index contributed by atoms with van der Waals surface area (Å²) in [5.41, 5.74) is 1.34. The van der Waals surface area contributed by atoms with Crippen LogP contribution in [0.1, 0.15) is 24.9 Å². The van der Waals surface area contributed by atoms with Crippen molar-refractivity contribution < 1.29 is 0 Å². The SMILES string of the molecule is C[C@H](NCCCn1ccnc1)c1ccccc1. The molecule has 0 aliphatic rings. The number of aromatic nitrogens is 2. The Kier molecular flexibility index (Phi) is 4.33. The van der Waals surface area contributed by atoms with Crippen LogP contribution in [-0.4, -0.2) is 16.1 Å². The van der Waals surface area contributed by atoms with Crippen molar-refractivity contribution in [1.82, 2.24) is 14.9 Å². The predicted molar refractivity (Wildman–Crippen MR) is 69.7 cm³/mol. The summed E-state index contributed by atoms with van der Waals surface area (Å²) in [6.45, 7) is 4.25. The minimum Gasteiger partial charge on any atom is -0.337 e. The van der Waals surface area contributed by atoms with E-state index >= 15 is 0 Å². The van der Waals surface area contributed by atoms with Crippen LogP contribution in [0, 0.1) is 0 Å². The zero-order chi connectivity index (χ0) is 11.9. The second-order valence-corrected chi connectivity index (χ2v) is 4.24. The van der Waals surface area contributed by atoms with Crippen LogP contribution in [-0.2, 0) is 6.54 Å². The Bertz CT molecular complexity index is 408. The Hall–Kier alpha value is -1.61. The van der Waals surface area contributed by atoms with Crippen LogP contribution >= 0.6 is 0 Å². The first-order chi connectivity index (χ1) is 8.36. The lowest BCUT2D eigenvalue weighted by Gasteiger charge is -2.14. The molecule has 0 aliphatic carbocycles. The molecule has 0 saturated heterocycles. The maximum absolute atomic E-state index is 4.03. The molecule has 1 N–H and O–H groups in total. The standard InChI is InChI=1S/C14H19N3/c1-13(14-6-3-2-4-7-14)16-8-5-10-17-11-9-15-12-17/h2-4,6-7,9,11-13,16H,5,8,10H2,1H3/t13-/m0/s1. The van der Waals surface area contributed by atoms with E-state index in [-0.39, 0.29) is 0 Å². The molecule has 0 aliphatic heterocycles. The lowest BCUT2D eigenvalue weighted by Crippen LogP contribution is -2.20. The van der Waals surface area contributed by atoms with Crippen molar-refractivity contribution >= 4 is 0 Å². The van der Waals surface area contributed by atoms with E-state index in [2.05, 4.69) is 52.1 Å². The van der Waals surface area contributed by atoms with Gasteiger partial charge in [0.25, 0.3) is 0 Å². The fraction of sp³-hybridized carbons (Fsp3) is 0.357. The first kappa shape index (κ1) is 11.9. The first-order valence-corrected chi connectivity index (χ1v) is 6.10. The Morgan fingerprint density at radius 1 is 1.29 bits per heavy atom. The van der Waals surface area contributed by atoms with E-state index in [1.165, 1.54) is 5.56 Å². The van der Waals surface area contributed by atoms with Crippen LogP contribution in [0.25, 0.3) is 0 Å². The third-order valence-corrected chi connectivity index (χ3v) is 2.90. The molecular formula is C14H19N3. The van der Waals surface area contributed by atoms with Crippen molar-refractivity contribution in [2.75, 3.05) is 6.54 Å². The van der Waals surface area contributed by atoms with Crippen molar-refractivity contribution in [3.05, 3.63) is 54.6 Å². The number of hydrogen-bond acceptors (Lipinski definition) is 2. The van der Waals surface area contributed by atoms with Gasteiger partial charge >= 0.3 is 0 Å². The molecule has 1 heterocycles. The quantitative estimate of drug-likeness (QED) is 0.772. The number of benzene rings is 1. The van der Waals surface area contributed by atoms with Crippen LogP contribution in [0.2, 0.25) is 0 Å². The summed E-state index contributed by atoms with van der Waals surface area (Å²) in [7, 11) is 0. The molecule has 0 radical (unpaired) electrons. The van der Waals surface area contributed by atoms with E-state index < -0.39 is 0 Å². The summed E-state index contributed by atoms with van der Waals surface area (Å²) < 4.78 is 2.11. The summed E-state index contributed by atoms with van der Waals surface area (Å²) in [6, 6.07) is 11.0. The monoisotopic (exact) mass is 229 g/mol. The van der Waals surface area contributed by atoms with E-state index in [1.807, 2.05) is 18.7 Å². The average Bonchev–Trinajstić information content (AvgIpc) is 2.88. The summed E-state index contributed by atoms with van der Waals surface area (Å²) in [6.07, 6.45) is 6.80. The zero-order valence-corrected chi connectivity index (χ0v) is 10.2. The van der Waals surface area contributed by atoms with Gasteiger partial charge in [-0.25, -0.2) is 4.98 Å². The average molecular weight is 229 g/mol. The summed E-state index contributed by atoms with van der Waals surface area (Å²) in [4.78, 5) is 4.03. The van der Waals surface area contributed by atoms with Gasteiger partial charge in [-0.15, -0.1) is 0 Å². The Labute approximate surface area is 103 Å². The van der Waals surface area contributed by atoms with E-state index in [4.69, 9.17) is 0 Å². The third-order valence-electron chi connectivity index (χ3n) is 2.90. The van der Waals surface area contributed by atoms with E-state index in [1.54, 1.807) is 0 Å². The van der Waals surface area contributed by atoms with Crippen LogP contribution in [0.4, 0.5) is 0 Å². The number of nitrogens with one attached hydrogen (secondary N) is 1. The maximum atomic E-state index is 4.03. The highest BCUT2D eigenvalue weighted by atomic mass is 15.0. The van der Waals surface area contributed by atoms with Gasteiger partial charge in [-0.05, 0) is 25.5 Å². The van der Waals surface area contributed by atoms with Gasteiger partial charge in [0.15, 0.2) is 0 Å². The van der Waals surface area contributed by atoms with Gasteiger partial charge in [-0.3, -0.25) is 0 Å². The fourth-order valence-electron chi connectivity index (χ4n) is 1.86. The van der Waals surface area contributed by atoms with E-state index in [9.17, 15) is 0 Å². The molecule has 0 bridgehead atoms. The minimum atomic E-state index is 0.416. The third kappa shape index (κ3) is 3.71. The number of hydrogen-bond donors (Lipinski definition) is 1. The Morgan fingerprint density at radius 2 is 2.12 bits per heavy atom. The lowest BCUT2D eigenvalue weighted by atomic mass is 10.1. The van der Waals surface area contributed by atoms with Gasteiger partial charge in [0.2, 0.25) is 0 Å². The van der Waals surface area contributed by atoms with Crippen molar-refractivity contribution in [2.24, 2.45) is 0 Å². The van der Waals surface area contributed by atoms with Crippen LogP contribution < -0.4 is 5.32 Å². The molecule has 1 atom stereocenters. The molecule has 0 amide bonds. The maximum Gasteiger partial charge on any atom is 0.0945 e. The molecule has 2 rings (SSSR count). The molecule has 1 aromatic carbocycles. The molecule has 0 fully saturated rings. The number of aryl methyl sites for hydroxylation is 1. The van der Waals surface area contributed by atoms with Gasteiger partial charge in [0.05, 0.1) is 6.33 Å². The van der Waals surface area contributed by atoms with E-state index in [0.717, 1.165) is 19.5 Å². The normalized spacial score (nSPS) is 12.5. The summed E-state index contributed by atoms with van der Waals surface area (Å²) in [5, 5.41) is 3.53. The van der Waals surface area contributed by atoms with Crippen molar-refractivity contribution in [1.29, 1.82) is 0 Å².